The van der Waals surface area contributed by atoms with Crippen molar-refractivity contribution in [3.8, 4) is 0 Å². The predicted molar refractivity (Wildman–Crippen MR) is 118 cm³/mol. The Labute approximate surface area is 170 Å². The van der Waals surface area contributed by atoms with Crippen LogP contribution >= 0.6 is 11.8 Å². The standard InChI is InChI=1S/C24H24N2OS/c1-16(2)17-8-12-19(13-9-17)26-23(18-10-14-20(28-3)15-11-18)25-22-7-5-4-6-21(22)24(26)27/h4-16,23,25H,1-3H3/t23-/m1/s1. The van der Waals surface area contributed by atoms with Crippen LogP contribution in [0.1, 0.15) is 47.4 Å². The van der Waals surface area contributed by atoms with E-state index in [2.05, 4.69) is 61.8 Å². The normalized spacial score (nSPS) is 16.1. The highest BCUT2D eigenvalue weighted by atomic mass is 32.2. The summed E-state index contributed by atoms with van der Waals surface area (Å²) in [4.78, 5) is 16.5. The van der Waals surface area contributed by atoms with Gasteiger partial charge in [-0.25, -0.2) is 0 Å². The average Bonchev–Trinajstić information content (AvgIpc) is 2.74. The molecular formula is C24H24N2OS. The molecule has 3 nitrogen and oxygen atoms in total. The van der Waals surface area contributed by atoms with Gasteiger partial charge >= 0.3 is 0 Å². The number of carbonyl (C=O) groups excluding carboxylic acids is 1. The lowest BCUT2D eigenvalue weighted by molar-refractivity contribution is 0.0975. The largest absolute Gasteiger partial charge is 0.360 e. The van der Waals surface area contributed by atoms with Crippen molar-refractivity contribution >= 4 is 29.0 Å². The minimum atomic E-state index is -0.247. The van der Waals surface area contributed by atoms with Crippen LogP contribution in [-0.4, -0.2) is 12.2 Å². The molecule has 0 fully saturated rings. The van der Waals surface area contributed by atoms with E-state index in [0.29, 0.717) is 11.5 Å². The maximum atomic E-state index is 13.4. The van der Waals surface area contributed by atoms with Crippen molar-refractivity contribution in [1.29, 1.82) is 0 Å². The number of hydrogen-bond acceptors (Lipinski definition) is 3. The van der Waals surface area contributed by atoms with E-state index in [1.54, 1.807) is 11.8 Å². The van der Waals surface area contributed by atoms with Gasteiger partial charge in [0.05, 0.1) is 5.56 Å². The fourth-order valence-corrected chi connectivity index (χ4v) is 3.97. The molecule has 0 radical (unpaired) electrons. The topological polar surface area (TPSA) is 32.3 Å². The van der Waals surface area contributed by atoms with E-state index in [1.807, 2.05) is 41.3 Å². The van der Waals surface area contributed by atoms with E-state index in [1.165, 1.54) is 10.5 Å². The summed E-state index contributed by atoms with van der Waals surface area (Å²) >= 11 is 1.71. The molecule has 4 rings (SSSR count). The molecule has 1 N–H and O–H groups in total. The van der Waals surface area contributed by atoms with Crippen LogP contribution in [-0.2, 0) is 0 Å². The molecule has 142 valence electrons. The molecule has 1 aliphatic rings. The van der Waals surface area contributed by atoms with E-state index in [9.17, 15) is 4.79 Å². The minimum absolute atomic E-state index is 0.0191. The molecule has 0 bridgehead atoms. The number of para-hydroxylation sites is 1. The Morgan fingerprint density at radius 2 is 1.61 bits per heavy atom. The van der Waals surface area contributed by atoms with E-state index >= 15 is 0 Å². The summed E-state index contributed by atoms with van der Waals surface area (Å²) in [6.45, 7) is 4.35. The fraction of sp³-hybridized carbons (Fsp3) is 0.208. The van der Waals surface area contributed by atoms with Gasteiger partial charge in [0.2, 0.25) is 0 Å². The van der Waals surface area contributed by atoms with Gasteiger partial charge in [0.15, 0.2) is 0 Å². The summed E-state index contributed by atoms with van der Waals surface area (Å²) < 4.78 is 0. The van der Waals surface area contributed by atoms with Crippen molar-refractivity contribution in [3.63, 3.8) is 0 Å². The SMILES string of the molecule is CSc1ccc([C@@H]2Nc3ccccc3C(=O)N2c2ccc(C(C)C)cc2)cc1. The van der Waals surface area contributed by atoms with Crippen molar-refractivity contribution in [2.75, 3.05) is 16.5 Å². The zero-order chi connectivity index (χ0) is 19.7. The highest BCUT2D eigenvalue weighted by Gasteiger charge is 2.33. The van der Waals surface area contributed by atoms with Crippen LogP contribution in [0.25, 0.3) is 0 Å². The number of anilines is 2. The second-order valence-corrected chi connectivity index (χ2v) is 8.17. The highest BCUT2D eigenvalue weighted by Crippen LogP contribution is 2.37. The number of fused-ring (bicyclic) bond motifs is 1. The third-order valence-corrected chi connectivity index (χ3v) is 5.94. The van der Waals surface area contributed by atoms with E-state index in [-0.39, 0.29) is 12.1 Å². The first-order chi connectivity index (χ1) is 13.6. The van der Waals surface area contributed by atoms with Crippen LogP contribution in [0.4, 0.5) is 11.4 Å². The number of carbonyl (C=O) groups is 1. The maximum Gasteiger partial charge on any atom is 0.262 e. The van der Waals surface area contributed by atoms with Crippen molar-refractivity contribution in [2.24, 2.45) is 0 Å². The number of benzene rings is 3. The van der Waals surface area contributed by atoms with E-state index in [0.717, 1.165) is 16.9 Å². The van der Waals surface area contributed by atoms with Gasteiger partial charge in [0.25, 0.3) is 5.91 Å². The molecule has 0 saturated heterocycles. The first-order valence-electron chi connectivity index (χ1n) is 9.51. The number of hydrogen-bond donors (Lipinski definition) is 1. The van der Waals surface area contributed by atoms with E-state index < -0.39 is 0 Å². The Morgan fingerprint density at radius 3 is 2.25 bits per heavy atom. The number of nitrogens with one attached hydrogen (secondary N) is 1. The summed E-state index contributed by atoms with van der Waals surface area (Å²) in [5.41, 5.74) is 4.81. The Kier molecular flexibility index (Phi) is 5.14. The van der Waals surface area contributed by atoms with Gasteiger partial charge in [0.1, 0.15) is 6.17 Å². The first kappa shape index (κ1) is 18.6. The van der Waals surface area contributed by atoms with Gasteiger partial charge in [-0.2, -0.15) is 0 Å². The van der Waals surface area contributed by atoms with Gasteiger partial charge < -0.3 is 5.32 Å². The molecule has 0 saturated carbocycles. The predicted octanol–water partition coefficient (Wildman–Crippen LogP) is 6.30. The van der Waals surface area contributed by atoms with Crippen molar-refractivity contribution < 1.29 is 4.79 Å². The lowest BCUT2D eigenvalue weighted by atomic mass is 10.0. The number of thioether (sulfide) groups is 1. The fourth-order valence-electron chi connectivity index (χ4n) is 3.56. The third-order valence-electron chi connectivity index (χ3n) is 5.20. The monoisotopic (exact) mass is 388 g/mol. The van der Waals surface area contributed by atoms with Crippen LogP contribution in [0.15, 0.2) is 77.7 Å². The molecule has 1 aliphatic heterocycles. The summed E-state index contributed by atoms with van der Waals surface area (Å²) in [5, 5.41) is 3.57. The number of nitrogens with zero attached hydrogens (tertiary/aromatic N) is 1. The highest BCUT2D eigenvalue weighted by molar-refractivity contribution is 7.98. The van der Waals surface area contributed by atoms with Gasteiger partial charge in [-0.1, -0.05) is 50.2 Å². The molecule has 0 unspecified atom stereocenters. The molecule has 0 aliphatic carbocycles. The van der Waals surface area contributed by atoms with Crippen LogP contribution in [0, 0.1) is 0 Å². The Bertz CT molecular complexity index is 980. The molecule has 1 heterocycles. The molecule has 1 atom stereocenters. The quantitative estimate of drug-likeness (QED) is 0.532. The van der Waals surface area contributed by atoms with Crippen LogP contribution in [0.5, 0.6) is 0 Å². The second kappa shape index (κ2) is 7.72. The maximum absolute atomic E-state index is 13.4. The summed E-state index contributed by atoms with van der Waals surface area (Å²) in [6.07, 6.45) is 1.82. The molecule has 0 aromatic heterocycles. The molecular weight excluding hydrogens is 364 g/mol. The van der Waals surface area contributed by atoms with Crippen molar-refractivity contribution in [3.05, 3.63) is 89.5 Å². The molecule has 4 heteroatoms. The number of rotatable bonds is 4. The molecule has 0 spiro atoms. The Morgan fingerprint density at radius 1 is 0.929 bits per heavy atom. The van der Waals surface area contributed by atoms with Crippen molar-refractivity contribution in [2.45, 2.75) is 30.8 Å². The van der Waals surface area contributed by atoms with Crippen molar-refractivity contribution in [1.82, 2.24) is 0 Å². The third kappa shape index (κ3) is 3.40. The van der Waals surface area contributed by atoms with Crippen LogP contribution < -0.4 is 10.2 Å². The summed E-state index contributed by atoms with van der Waals surface area (Å²) in [5.74, 6) is 0.477. The molecule has 28 heavy (non-hydrogen) atoms. The molecule has 3 aromatic carbocycles. The number of amides is 1. The minimum Gasteiger partial charge on any atom is -0.360 e. The zero-order valence-corrected chi connectivity index (χ0v) is 17.2. The molecule has 1 amide bonds. The van der Waals surface area contributed by atoms with E-state index in [4.69, 9.17) is 0 Å². The molecule has 3 aromatic rings. The zero-order valence-electron chi connectivity index (χ0n) is 16.3. The van der Waals surface area contributed by atoms with Gasteiger partial charge in [0, 0.05) is 16.3 Å². The second-order valence-electron chi connectivity index (χ2n) is 7.29. The Balaban J connectivity index is 1.79. The van der Waals surface area contributed by atoms with Gasteiger partial charge in [-0.3, -0.25) is 9.69 Å². The average molecular weight is 389 g/mol. The van der Waals surface area contributed by atoms with Gasteiger partial charge in [-0.15, -0.1) is 11.8 Å². The smallest absolute Gasteiger partial charge is 0.262 e. The van der Waals surface area contributed by atoms with Crippen LogP contribution in [0.3, 0.4) is 0 Å². The summed E-state index contributed by atoms with van der Waals surface area (Å²) in [7, 11) is 0. The summed E-state index contributed by atoms with van der Waals surface area (Å²) in [6, 6.07) is 24.4. The lowest BCUT2D eigenvalue weighted by Gasteiger charge is -2.38. The van der Waals surface area contributed by atoms with Crippen LogP contribution in [0.2, 0.25) is 0 Å². The first-order valence-corrected chi connectivity index (χ1v) is 10.7. The lowest BCUT2D eigenvalue weighted by Crippen LogP contribution is -2.43. The van der Waals surface area contributed by atoms with Gasteiger partial charge in [-0.05, 0) is 59.7 Å². The Hall–Kier alpha value is -2.72.